The maximum atomic E-state index is 12.2. The molecule has 1 heterocycles. The molecule has 0 bridgehead atoms. The molecule has 1 aliphatic heterocycles. The first-order valence-corrected chi connectivity index (χ1v) is 6.78. The maximum absolute atomic E-state index is 12.2. The number of nitrogens with zero attached hydrogens (tertiary/aromatic N) is 2. The van der Waals surface area contributed by atoms with Crippen molar-refractivity contribution in [2.45, 2.75) is 32.0 Å². The Balaban J connectivity index is 1.93. The third kappa shape index (κ3) is 3.72. The highest BCUT2D eigenvalue weighted by Crippen LogP contribution is 2.13. The van der Waals surface area contributed by atoms with E-state index in [4.69, 9.17) is 10.00 Å². The number of piperazine rings is 1. The van der Waals surface area contributed by atoms with E-state index in [1.165, 1.54) is 0 Å². The normalized spacial score (nSPS) is 22.1. The summed E-state index contributed by atoms with van der Waals surface area (Å²) in [5, 5.41) is 12.1. The van der Waals surface area contributed by atoms with E-state index in [-0.39, 0.29) is 24.8 Å². The molecule has 1 amide bonds. The van der Waals surface area contributed by atoms with Gasteiger partial charge < -0.3 is 15.0 Å². The van der Waals surface area contributed by atoms with Gasteiger partial charge in [0, 0.05) is 19.1 Å². The summed E-state index contributed by atoms with van der Waals surface area (Å²) in [6.07, 6.45) is -0.0254. The quantitative estimate of drug-likeness (QED) is 0.913. The van der Waals surface area contributed by atoms with Crippen molar-refractivity contribution in [3.8, 4) is 6.07 Å². The summed E-state index contributed by atoms with van der Waals surface area (Å²) in [5.74, 6) is 0. The molecule has 0 aliphatic carbocycles. The van der Waals surface area contributed by atoms with Crippen LogP contribution in [-0.4, -0.2) is 36.2 Å². The molecule has 1 aromatic carbocycles. The van der Waals surface area contributed by atoms with E-state index in [1.54, 1.807) is 4.90 Å². The summed E-state index contributed by atoms with van der Waals surface area (Å²) < 4.78 is 5.34. The number of rotatable bonds is 3. The SMILES string of the molecule is CC1CN(C(=O)OCc2ccccc2)C(CC#N)CN1. The molecule has 1 saturated heterocycles. The van der Waals surface area contributed by atoms with Crippen molar-refractivity contribution in [3.63, 3.8) is 0 Å². The number of carbonyl (C=O) groups is 1. The van der Waals surface area contributed by atoms with Gasteiger partial charge in [-0.05, 0) is 12.5 Å². The van der Waals surface area contributed by atoms with Crippen molar-refractivity contribution in [1.29, 1.82) is 5.26 Å². The number of hydrogen-bond donors (Lipinski definition) is 1. The van der Waals surface area contributed by atoms with Gasteiger partial charge in [0.1, 0.15) is 6.61 Å². The van der Waals surface area contributed by atoms with Gasteiger partial charge in [0.2, 0.25) is 0 Å². The number of nitriles is 1. The van der Waals surface area contributed by atoms with Crippen LogP contribution in [0.4, 0.5) is 4.79 Å². The molecule has 5 nitrogen and oxygen atoms in total. The fourth-order valence-corrected chi connectivity index (χ4v) is 2.27. The number of nitrogens with one attached hydrogen (secondary N) is 1. The average molecular weight is 273 g/mol. The van der Waals surface area contributed by atoms with Crippen molar-refractivity contribution >= 4 is 6.09 Å². The molecule has 0 saturated carbocycles. The Hall–Kier alpha value is -2.06. The molecular formula is C15H19N3O2. The largest absolute Gasteiger partial charge is 0.445 e. The Labute approximate surface area is 119 Å². The van der Waals surface area contributed by atoms with Gasteiger partial charge >= 0.3 is 6.09 Å². The first kappa shape index (κ1) is 14.4. The van der Waals surface area contributed by atoms with Crippen LogP contribution in [0.2, 0.25) is 0 Å². The van der Waals surface area contributed by atoms with Crippen molar-refractivity contribution in [2.75, 3.05) is 13.1 Å². The zero-order valence-electron chi connectivity index (χ0n) is 11.6. The molecule has 1 aromatic rings. The summed E-state index contributed by atoms with van der Waals surface area (Å²) in [6.45, 7) is 3.48. The maximum Gasteiger partial charge on any atom is 0.410 e. The third-order valence-electron chi connectivity index (χ3n) is 3.38. The predicted molar refractivity (Wildman–Crippen MR) is 74.8 cm³/mol. The Kier molecular flexibility index (Phi) is 4.97. The number of amides is 1. The van der Waals surface area contributed by atoms with Crippen LogP contribution in [0.1, 0.15) is 18.9 Å². The molecule has 2 atom stereocenters. The minimum absolute atomic E-state index is 0.112. The van der Waals surface area contributed by atoms with Crippen molar-refractivity contribution in [3.05, 3.63) is 35.9 Å². The molecular weight excluding hydrogens is 254 g/mol. The molecule has 2 rings (SSSR count). The summed E-state index contributed by atoms with van der Waals surface area (Å²) >= 11 is 0. The van der Waals surface area contributed by atoms with Crippen LogP contribution in [0.5, 0.6) is 0 Å². The molecule has 0 radical (unpaired) electrons. The standard InChI is InChI=1S/C15H19N3O2/c1-12-10-18(14(7-8-16)9-17-12)15(19)20-11-13-5-3-2-4-6-13/h2-6,12,14,17H,7,9-11H2,1H3. The highest BCUT2D eigenvalue weighted by atomic mass is 16.6. The predicted octanol–water partition coefficient (Wildman–Crippen LogP) is 1.90. The molecule has 1 N–H and O–H groups in total. The molecule has 20 heavy (non-hydrogen) atoms. The summed E-state index contributed by atoms with van der Waals surface area (Å²) in [6, 6.07) is 11.8. The van der Waals surface area contributed by atoms with Gasteiger partial charge in [0.15, 0.2) is 0 Å². The fourth-order valence-electron chi connectivity index (χ4n) is 2.27. The van der Waals surface area contributed by atoms with E-state index < -0.39 is 0 Å². The summed E-state index contributed by atoms with van der Waals surface area (Å²) in [5.41, 5.74) is 0.959. The summed E-state index contributed by atoms with van der Waals surface area (Å²) in [4.78, 5) is 13.8. The van der Waals surface area contributed by atoms with Gasteiger partial charge in [-0.2, -0.15) is 5.26 Å². The third-order valence-corrected chi connectivity index (χ3v) is 3.38. The van der Waals surface area contributed by atoms with Gasteiger partial charge in [0.05, 0.1) is 18.5 Å². The van der Waals surface area contributed by atoms with Gasteiger partial charge in [-0.3, -0.25) is 0 Å². The Bertz CT molecular complexity index is 484. The van der Waals surface area contributed by atoms with E-state index in [2.05, 4.69) is 11.4 Å². The molecule has 1 fully saturated rings. The van der Waals surface area contributed by atoms with Crippen LogP contribution in [-0.2, 0) is 11.3 Å². The lowest BCUT2D eigenvalue weighted by atomic mass is 10.1. The zero-order valence-corrected chi connectivity index (χ0v) is 11.6. The number of benzene rings is 1. The lowest BCUT2D eigenvalue weighted by Crippen LogP contribution is -2.57. The fraction of sp³-hybridized carbons (Fsp3) is 0.467. The molecule has 0 spiro atoms. The average Bonchev–Trinajstić information content (AvgIpc) is 2.48. The Morgan fingerprint density at radius 2 is 2.25 bits per heavy atom. The lowest BCUT2D eigenvalue weighted by Gasteiger charge is -2.37. The van der Waals surface area contributed by atoms with Crippen LogP contribution in [0.3, 0.4) is 0 Å². The van der Waals surface area contributed by atoms with E-state index in [0.29, 0.717) is 19.5 Å². The second-order valence-electron chi connectivity index (χ2n) is 5.02. The van der Waals surface area contributed by atoms with E-state index in [9.17, 15) is 4.79 Å². The van der Waals surface area contributed by atoms with Gasteiger partial charge in [0.25, 0.3) is 0 Å². The molecule has 5 heteroatoms. The monoisotopic (exact) mass is 273 g/mol. The number of hydrogen-bond acceptors (Lipinski definition) is 4. The van der Waals surface area contributed by atoms with Crippen molar-refractivity contribution in [2.24, 2.45) is 0 Å². The van der Waals surface area contributed by atoms with Crippen molar-refractivity contribution < 1.29 is 9.53 Å². The van der Waals surface area contributed by atoms with Crippen LogP contribution < -0.4 is 5.32 Å². The van der Waals surface area contributed by atoms with Gasteiger partial charge in [-0.1, -0.05) is 30.3 Å². The zero-order chi connectivity index (χ0) is 14.4. The highest BCUT2D eigenvalue weighted by Gasteiger charge is 2.30. The Morgan fingerprint density at radius 3 is 2.95 bits per heavy atom. The number of ether oxygens (including phenoxy) is 1. The number of carbonyl (C=O) groups excluding carboxylic acids is 1. The smallest absolute Gasteiger partial charge is 0.410 e. The highest BCUT2D eigenvalue weighted by molar-refractivity contribution is 5.68. The second kappa shape index (κ2) is 6.92. The molecule has 2 unspecified atom stereocenters. The van der Waals surface area contributed by atoms with E-state index in [0.717, 1.165) is 5.56 Å². The van der Waals surface area contributed by atoms with Crippen LogP contribution in [0.15, 0.2) is 30.3 Å². The van der Waals surface area contributed by atoms with Crippen LogP contribution in [0, 0.1) is 11.3 Å². The van der Waals surface area contributed by atoms with E-state index in [1.807, 2.05) is 37.3 Å². The lowest BCUT2D eigenvalue weighted by molar-refractivity contribution is 0.0656. The first-order chi connectivity index (χ1) is 9.70. The molecule has 1 aliphatic rings. The van der Waals surface area contributed by atoms with Gasteiger partial charge in [-0.15, -0.1) is 0 Å². The van der Waals surface area contributed by atoms with E-state index >= 15 is 0 Å². The molecule has 106 valence electrons. The van der Waals surface area contributed by atoms with Crippen LogP contribution in [0.25, 0.3) is 0 Å². The second-order valence-corrected chi connectivity index (χ2v) is 5.02. The van der Waals surface area contributed by atoms with Crippen LogP contribution >= 0.6 is 0 Å². The minimum atomic E-state index is -0.345. The van der Waals surface area contributed by atoms with Gasteiger partial charge in [-0.25, -0.2) is 4.79 Å². The summed E-state index contributed by atoms with van der Waals surface area (Å²) in [7, 11) is 0. The molecule has 0 aromatic heterocycles. The topological polar surface area (TPSA) is 65.4 Å². The van der Waals surface area contributed by atoms with Crippen molar-refractivity contribution in [1.82, 2.24) is 10.2 Å². The minimum Gasteiger partial charge on any atom is -0.445 e. The Morgan fingerprint density at radius 1 is 1.50 bits per heavy atom. The first-order valence-electron chi connectivity index (χ1n) is 6.78.